The highest BCUT2D eigenvalue weighted by atomic mass is 35.5. The molecule has 1 N–H and O–H groups in total. The van der Waals surface area contributed by atoms with Crippen molar-refractivity contribution >= 4 is 35.0 Å². The summed E-state index contributed by atoms with van der Waals surface area (Å²) in [5.74, 6) is -1.01. The maximum Gasteiger partial charge on any atom is 0.251 e. The average molecular weight is 395 g/mol. The second kappa shape index (κ2) is 8.06. The van der Waals surface area contributed by atoms with E-state index in [2.05, 4.69) is 5.32 Å². The Balaban J connectivity index is 1.62. The Bertz CT molecular complexity index is 840. The number of hydrogen-bond donors (Lipinski definition) is 1. The zero-order valence-corrected chi connectivity index (χ0v) is 15.4. The van der Waals surface area contributed by atoms with Gasteiger partial charge in [0.05, 0.1) is 16.6 Å². The van der Waals surface area contributed by atoms with Gasteiger partial charge in [0.1, 0.15) is 5.82 Å². The lowest BCUT2D eigenvalue weighted by atomic mass is 10.2. The molecule has 0 atom stereocenters. The summed E-state index contributed by atoms with van der Waals surface area (Å²) in [6.07, 6.45) is 1.78. The van der Waals surface area contributed by atoms with Crippen LogP contribution in [-0.4, -0.2) is 29.3 Å². The number of halogens is 3. The lowest BCUT2D eigenvalue weighted by molar-refractivity contribution is -0.131. The van der Waals surface area contributed by atoms with Gasteiger partial charge in [0.25, 0.3) is 5.91 Å². The smallest absolute Gasteiger partial charge is 0.251 e. The van der Waals surface area contributed by atoms with Crippen LogP contribution in [0.5, 0.6) is 0 Å². The molecule has 136 valence electrons. The SMILES string of the molecule is O=C(NCC(=O)N(Cc1ccccc1F)C1CC1)c1ccc(Cl)c(Cl)c1. The number of nitrogens with one attached hydrogen (secondary N) is 1. The van der Waals surface area contributed by atoms with Crippen LogP contribution in [0.3, 0.4) is 0 Å². The lowest BCUT2D eigenvalue weighted by Gasteiger charge is -2.23. The summed E-state index contributed by atoms with van der Waals surface area (Å²) in [7, 11) is 0. The summed E-state index contributed by atoms with van der Waals surface area (Å²) in [6, 6.07) is 11.0. The molecule has 7 heteroatoms. The number of benzene rings is 2. The Kier molecular flexibility index (Phi) is 5.79. The van der Waals surface area contributed by atoms with Crippen molar-refractivity contribution in [2.45, 2.75) is 25.4 Å². The van der Waals surface area contributed by atoms with Crippen LogP contribution in [-0.2, 0) is 11.3 Å². The van der Waals surface area contributed by atoms with E-state index in [9.17, 15) is 14.0 Å². The fraction of sp³-hybridized carbons (Fsp3) is 0.263. The van der Waals surface area contributed by atoms with Gasteiger partial charge in [-0.2, -0.15) is 0 Å². The van der Waals surface area contributed by atoms with Gasteiger partial charge < -0.3 is 10.2 Å². The molecular weight excluding hydrogens is 378 g/mol. The van der Waals surface area contributed by atoms with Crippen LogP contribution >= 0.6 is 23.2 Å². The molecule has 2 aromatic rings. The molecule has 0 unspecified atom stereocenters. The monoisotopic (exact) mass is 394 g/mol. The highest BCUT2D eigenvalue weighted by Crippen LogP contribution is 2.29. The van der Waals surface area contributed by atoms with E-state index in [-0.39, 0.29) is 35.9 Å². The minimum Gasteiger partial charge on any atom is -0.343 e. The third kappa shape index (κ3) is 4.54. The molecule has 3 rings (SSSR count). The molecule has 0 spiro atoms. The maximum atomic E-state index is 13.9. The van der Waals surface area contributed by atoms with Crippen LogP contribution in [0, 0.1) is 5.82 Å². The highest BCUT2D eigenvalue weighted by molar-refractivity contribution is 6.42. The molecule has 1 aliphatic rings. The molecule has 0 bridgehead atoms. The Morgan fingerprint density at radius 2 is 1.85 bits per heavy atom. The van der Waals surface area contributed by atoms with Crippen LogP contribution in [0.2, 0.25) is 10.0 Å². The first-order valence-electron chi connectivity index (χ1n) is 8.22. The fourth-order valence-electron chi connectivity index (χ4n) is 2.61. The first kappa shape index (κ1) is 18.7. The predicted molar refractivity (Wildman–Crippen MR) is 98.8 cm³/mol. The van der Waals surface area contributed by atoms with Gasteiger partial charge in [-0.1, -0.05) is 41.4 Å². The second-order valence-electron chi connectivity index (χ2n) is 6.16. The fourth-order valence-corrected chi connectivity index (χ4v) is 2.91. The Morgan fingerprint density at radius 3 is 2.50 bits per heavy atom. The van der Waals surface area contributed by atoms with Crippen LogP contribution < -0.4 is 5.32 Å². The van der Waals surface area contributed by atoms with Gasteiger partial charge in [-0.25, -0.2) is 4.39 Å². The largest absolute Gasteiger partial charge is 0.343 e. The van der Waals surface area contributed by atoms with Crippen LogP contribution in [0.4, 0.5) is 4.39 Å². The molecule has 2 amide bonds. The molecule has 4 nitrogen and oxygen atoms in total. The Morgan fingerprint density at radius 1 is 1.12 bits per heavy atom. The normalized spacial score (nSPS) is 13.3. The second-order valence-corrected chi connectivity index (χ2v) is 6.97. The third-order valence-electron chi connectivity index (χ3n) is 4.19. The van der Waals surface area contributed by atoms with Gasteiger partial charge in [-0.05, 0) is 37.1 Å². The van der Waals surface area contributed by atoms with Crippen LogP contribution in [0.25, 0.3) is 0 Å². The molecule has 1 fully saturated rings. The Hall–Kier alpha value is -2.11. The van der Waals surface area contributed by atoms with E-state index in [1.807, 2.05) is 0 Å². The molecule has 1 saturated carbocycles. The highest BCUT2D eigenvalue weighted by Gasteiger charge is 2.33. The predicted octanol–water partition coefficient (Wildman–Crippen LogP) is 4.05. The van der Waals surface area contributed by atoms with E-state index in [4.69, 9.17) is 23.2 Å². The minimum atomic E-state index is -0.418. The molecular formula is C19H17Cl2FN2O2. The zero-order chi connectivity index (χ0) is 18.7. The molecule has 0 saturated heterocycles. The molecule has 2 aromatic carbocycles. The molecule has 1 aliphatic carbocycles. The number of hydrogen-bond acceptors (Lipinski definition) is 2. The standard InChI is InChI=1S/C19H17Cl2FN2O2/c20-15-8-5-12(9-16(15)21)19(26)23-10-18(25)24(14-6-7-14)11-13-3-1-2-4-17(13)22/h1-5,8-9,14H,6-7,10-11H2,(H,23,26). The average Bonchev–Trinajstić information content (AvgIpc) is 3.46. The van der Waals surface area contributed by atoms with Crippen molar-refractivity contribution in [3.63, 3.8) is 0 Å². The van der Waals surface area contributed by atoms with Gasteiger partial charge in [0, 0.05) is 23.7 Å². The molecule has 26 heavy (non-hydrogen) atoms. The topological polar surface area (TPSA) is 49.4 Å². The van der Waals surface area contributed by atoms with Gasteiger partial charge in [0.15, 0.2) is 0 Å². The van der Waals surface area contributed by atoms with Crippen LogP contribution in [0.15, 0.2) is 42.5 Å². The third-order valence-corrected chi connectivity index (χ3v) is 4.93. The van der Waals surface area contributed by atoms with E-state index in [1.165, 1.54) is 24.3 Å². The minimum absolute atomic E-state index is 0.101. The molecule has 0 heterocycles. The number of carbonyl (C=O) groups is 2. The first-order valence-corrected chi connectivity index (χ1v) is 8.97. The summed E-state index contributed by atoms with van der Waals surface area (Å²) in [5, 5.41) is 3.20. The Labute approximate surface area is 160 Å². The summed E-state index contributed by atoms with van der Waals surface area (Å²) >= 11 is 11.7. The lowest BCUT2D eigenvalue weighted by Crippen LogP contribution is -2.41. The van der Waals surface area contributed by atoms with Crippen molar-refractivity contribution in [1.29, 1.82) is 0 Å². The van der Waals surface area contributed by atoms with E-state index in [0.29, 0.717) is 16.1 Å². The summed E-state index contributed by atoms with van der Waals surface area (Å²) in [6.45, 7) is 0.0306. The molecule has 0 aliphatic heterocycles. The summed E-state index contributed by atoms with van der Waals surface area (Å²) < 4.78 is 13.9. The van der Waals surface area contributed by atoms with E-state index >= 15 is 0 Å². The summed E-state index contributed by atoms with van der Waals surface area (Å²) in [4.78, 5) is 26.3. The number of carbonyl (C=O) groups excluding carboxylic acids is 2. The van der Waals surface area contributed by atoms with Crippen molar-refractivity contribution in [3.8, 4) is 0 Å². The quantitative estimate of drug-likeness (QED) is 0.802. The van der Waals surface area contributed by atoms with Crippen molar-refractivity contribution in [2.24, 2.45) is 0 Å². The number of amides is 2. The van der Waals surface area contributed by atoms with E-state index < -0.39 is 5.91 Å². The van der Waals surface area contributed by atoms with Gasteiger partial charge in [0.2, 0.25) is 5.91 Å². The number of nitrogens with zero attached hydrogens (tertiary/aromatic N) is 1. The molecule has 0 radical (unpaired) electrons. The number of rotatable bonds is 6. The van der Waals surface area contributed by atoms with E-state index in [0.717, 1.165) is 12.8 Å². The zero-order valence-electron chi connectivity index (χ0n) is 13.8. The van der Waals surface area contributed by atoms with Gasteiger partial charge >= 0.3 is 0 Å². The van der Waals surface area contributed by atoms with Crippen molar-refractivity contribution < 1.29 is 14.0 Å². The summed E-state index contributed by atoms with van der Waals surface area (Å²) in [5.41, 5.74) is 0.780. The van der Waals surface area contributed by atoms with Gasteiger partial charge in [-0.3, -0.25) is 9.59 Å². The maximum absolute atomic E-state index is 13.9. The van der Waals surface area contributed by atoms with Crippen LogP contribution in [0.1, 0.15) is 28.8 Å². The van der Waals surface area contributed by atoms with Crippen molar-refractivity contribution in [2.75, 3.05) is 6.54 Å². The van der Waals surface area contributed by atoms with Gasteiger partial charge in [-0.15, -0.1) is 0 Å². The first-order chi connectivity index (χ1) is 12.5. The molecule has 0 aromatic heterocycles. The van der Waals surface area contributed by atoms with Crippen molar-refractivity contribution in [1.82, 2.24) is 10.2 Å². The van der Waals surface area contributed by atoms with E-state index in [1.54, 1.807) is 23.1 Å². The van der Waals surface area contributed by atoms with Crippen molar-refractivity contribution in [3.05, 3.63) is 69.5 Å².